The van der Waals surface area contributed by atoms with Crippen molar-refractivity contribution in [1.29, 1.82) is 0 Å². The predicted octanol–water partition coefficient (Wildman–Crippen LogP) is 2.51. The maximum absolute atomic E-state index is 11.3. The molecule has 1 aromatic rings. The molecular formula is C9H14BrN3O2S. The van der Waals surface area contributed by atoms with Gasteiger partial charge in [-0.1, -0.05) is 11.3 Å². The molecule has 1 rings (SSSR count). The third-order valence-electron chi connectivity index (χ3n) is 1.47. The number of amides is 1. The molecule has 0 aliphatic carbocycles. The van der Waals surface area contributed by atoms with Crippen molar-refractivity contribution >= 4 is 38.5 Å². The van der Waals surface area contributed by atoms with Crippen LogP contribution in [-0.4, -0.2) is 16.7 Å². The van der Waals surface area contributed by atoms with Gasteiger partial charge in [-0.05, 0) is 36.7 Å². The number of hydrogen-bond donors (Lipinski definition) is 2. The van der Waals surface area contributed by atoms with Crippen LogP contribution in [0.1, 0.15) is 26.5 Å². The molecule has 0 saturated heterocycles. The first kappa shape index (κ1) is 13.2. The molecule has 0 aliphatic rings. The van der Waals surface area contributed by atoms with Gasteiger partial charge in [0.1, 0.15) is 5.60 Å². The van der Waals surface area contributed by atoms with Crippen LogP contribution >= 0.6 is 27.3 Å². The summed E-state index contributed by atoms with van der Waals surface area (Å²) in [6, 6.07) is 0. The number of carbonyl (C=O) groups excluding carboxylic acids is 1. The highest BCUT2D eigenvalue weighted by Crippen LogP contribution is 2.26. The van der Waals surface area contributed by atoms with Gasteiger partial charge < -0.3 is 15.8 Å². The Morgan fingerprint density at radius 2 is 2.25 bits per heavy atom. The van der Waals surface area contributed by atoms with Crippen LogP contribution < -0.4 is 11.1 Å². The Hall–Kier alpha value is -0.820. The average molecular weight is 308 g/mol. The van der Waals surface area contributed by atoms with Gasteiger partial charge in [-0.3, -0.25) is 0 Å². The van der Waals surface area contributed by atoms with E-state index in [0.29, 0.717) is 17.4 Å². The Labute approximate surface area is 107 Å². The van der Waals surface area contributed by atoms with Crippen molar-refractivity contribution in [3.63, 3.8) is 0 Å². The van der Waals surface area contributed by atoms with Crippen molar-refractivity contribution in [2.24, 2.45) is 0 Å². The van der Waals surface area contributed by atoms with Crippen LogP contribution in [0.4, 0.5) is 9.93 Å². The van der Waals surface area contributed by atoms with Crippen molar-refractivity contribution in [3.8, 4) is 0 Å². The summed E-state index contributed by atoms with van der Waals surface area (Å²) in [7, 11) is 0. The molecule has 0 atom stereocenters. The summed E-state index contributed by atoms with van der Waals surface area (Å²) in [5.74, 6) is 0. The van der Waals surface area contributed by atoms with Gasteiger partial charge in [0.2, 0.25) is 0 Å². The fourth-order valence-electron chi connectivity index (χ4n) is 0.930. The highest BCUT2D eigenvalue weighted by molar-refractivity contribution is 9.11. The fraction of sp³-hybridized carbons (Fsp3) is 0.556. The molecule has 0 radical (unpaired) electrons. The van der Waals surface area contributed by atoms with E-state index < -0.39 is 11.7 Å². The second-order valence-electron chi connectivity index (χ2n) is 4.13. The van der Waals surface area contributed by atoms with E-state index in [-0.39, 0.29) is 0 Å². The van der Waals surface area contributed by atoms with Crippen LogP contribution in [0.5, 0.6) is 0 Å². The average Bonchev–Trinajstić information content (AvgIpc) is 2.38. The minimum absolute atomic E-state index is 0.295. The van der Waals surface area contributed by atoms with Crippen molar-refractivity contribution in [2.75, 3.05) is 5.73 Å². The first-order valence-electron chi connectivity index (χ1n) is 4.65. The number of alkyl carbamates (subject to hydrolysis) is 1. The maximum Gasteiger partial charge on any atom is 0.407 e. The minimum Gasteiger partial charge on any atom is -0.444 e. The number of ether oxygens (including phenoxy) is 1. The van der Waals surface area contributed by atoms with E-state index in [4.69, 9.17) is 10.5 Å². The summed E-state index contributed by atoms with van der Waals surface area (Å²) in [6.45, 7) is 5.72. The lowest BCUT2D eigenvalue weighted by Gasteiger charge is -2.19. The lowest BCUT2D eigenvalue weighted by atomic mass is 10.2. The van der Waals surface area contributed by atoms with Crippen LogP contribution in [0.15, 0.2) is 3.79 Å². The molecule has 0 saturated carbocycles. The topological polar surface area (TPSA) is 77.2 Å². The molecule has 0 fully saturated rings. The Kier molecular flexibility index (Phi) is 4.15. The zero-order chi connectivity index (χ0) is 12.3. The summed E-state index contributed by atoms with van der Waals surface area (Å²) in [5, 5.41) is 3.07. The second kappa shape index (κ2) is 5.01. The molecule has 0 unspecified atom stereocenters. The number of nitrogen functional groups attached to an aromatic ring is 1. The minimum atomic E-state index is -0.498. The van der Waals surface area contributed by atoms with Crippen molar-refractivity contribution in [2.45, 2.75) is 32.9 Å². The van der Waals surface area contributed by atoms with Gasteiger partial charge in [-0.2, -0.15) is 0 Å². The molecule has 0 aromatic carbocycles. The Morgan fingerprint density at radius 3 is 2.69 bits per heavy atom. The molecule has 5 nitrogen and oxygen atoms in total. The number of thiazole rings is 1. The molecule has 0 spiro atoms. The highest BCUT2D eigenvalue weighted by Gasteiger charge is 2.16. The quantitative estimate of drug-likeness (QED) is 0.880. The number of carbonyl (C=O) groups is 1. The zero-order valence-electron chi connectivity index (χ0n) is 9.33. The van der Waals surface area contributed by atoms with E-state index >= 15 is 0 Å². The summed E-state index contributed by atoms with van der Waals surface area (Å²) < 4.78 is 5.91. The monoisotopic (exact) mass is 307 g/mol. The molecule has 7 heteroatoms. The number of hydrogen-bond acceptors (Lipinski definition) is 5. The molecule has 16 heavy (non-hydrogen) atoms. The third kappa shape index (κ3) is 4.36. The third-order valence-corrected chi connectivity index (χ3v) is 3.12. The fourth-order valence-corrected chi connectivity index (χ4v) is 2.23. The van der Waals surface area contributed by atoms with Gasteiger partial charge in [0, 0.05) is 0 Å². The molecule has 3 N–H and O–H groups in total. The SMILES string of the molecule is CC(C)(C)OC(=O)NCc1nc(N)sc1Br. The Morgan fingerprint density at radius 1 is 1.62 bits per heavy atom. The number of halogens is 1. The first-order valence-corrected chi connectivity index (χ1v) is 6.26. The van der Waals surface area contributed by atoms with Crippen LogP contribution in [0.2, 0.25) is 0 Å². The Bertz CT molecular complexity index is 387. The molecule has 90 valence electrons. The lowest BCUT2D eigenvalue weighted by molar-refractivity contribution is 0.0523. The highest BCUT2D eigenvalue weighted by atomic mass is 79.9. The van der Waals surface area contributed by atoms with E-state index in [2.05, 4.69) is 26.2 Å². The molecular weight excluding hydrogens is 294 g/mol. The van der Waals surface area contributed by atoms with Crippen LogP contribution in [0.25, 0.3) is 0 Å². The molecule has 0 bridgehead atoms. The smallest absolute Gasteiger partial charge is 0.407 e. The largest absolute Gasteiger partial charge is 0.444 e. The lowest BCUT2D eigenvalue weighted by Crippen LogP contribution is -2.32. The standard InChI is InChI=1S/C9H14BrN3O2S/c1-9(2,3)15-8(14)12-4-5-6(10)16-7(11)13-5/h4H2,1-3H3,(H2,11,13)(H,12,14). The Balaban J connectivity index is 2.46. The second-order valence-corrected chi connectivity index (χ2v) is 6.48. The number of nitrogens with zero attached hydrogens (tertiary/aromatic N) is 1. The van der Waals surface area contributed by atoms with E-state index in [1.165, 1.54) is 11.3 Å². The van der Waals surface area contributed by atoms with E-state index in [0.717, 1.165) is 3.79 Å². The zero-order valence-corrected chi connectivity index (χ0v) is 11.7. The molecule has 0 aliphatic heterocycles. The van der Waals surface area contributed by atoms with Crippen LogP contribution in [0.3, 0.4) is 0 Å². The summed E-state index contributed by atoms with van der Waals surface area (Å²) in [6.07, 6.45) is -0.467. The number of nitrogens with one attached hydrogen (secondary N) is 1. The number of anilines is 1. The van der Waals surface area contributed by atoms with E-state index in [9.17, 15) is 4.79 Å². The van der Waals surface area contributed by atoms with Crippen molar-refractivity contribution < 1.29 is 9.53 Å². The van der Waals surface area contributed by atoms with Crippen molar-refractivity contribution in [3.05, 3.63) is 9.48 Å². The van der Waals surface area contributed by atoms with Gasteiger partial charge in [-0.15, -0.1) is 0 Å². The molecule has 1 aromatic heterocycles. The normalized spacial score (nSPS) is 11.2. The number of rotatable bonds is 2. The number of aromatic nitrogens is 1. The molecule has 1 heterocycles. The van der Waals surface area contributed by atoms with Crippen LogP contribution in [0, 0.1) is 0 Å². The maximum atomic E-state index is 11.3. The summed E-state index contributed by atoms with van der Waals surface area (Å²) >= 11 is 4.64. The van der Waals surface area contributed by atoms with Gasteiger partial charge in [0.25, 0.3) is 0 Å². The van der Waals surface area contributed by atoms with Gasteiger partial charge in [0.05, 0.1) is 16.0 Å². The van der Waals surface area contributed by atoms with E-state index in [1.54, 1.807) is 0 Å². The molecule has 1 amide bonds. The van der Waals surface area contributed by atoms with Crippen LogP contribution in [-0.2, 0) is 11.3 Å². The summed E-state index contributed by atoms with van der Waals surface area (Å²) in [5.41, 5.74) is 5.73. The first-order chi connectivity index (χ1) is 7.28. The van der Waals surface area contributed by atoms with E-state index in [1.807, 2.05) is 20.8 Å². The van der Waals surface area contributed by atoms with Gasteiger partial charge in [0.15, 0.2) is 5.13 Å². The van der Waals surface area contributed by atoms with Crippen molar-refractivity contribution in [1.82, 2.24) is 10.3 Å². The number of nitrogens with two attached hydrogens (primary N) is 1. The summed E-state index contributed by atoms with van der Waals surface area (Å²) in [4.78, 5) is 15.4. The predicted molar refractivity (Wildman–Crippen MR) is 67.3 cm³/mol. The van der Waals surface area contributed by atoms with Gasteiger partial charge in [-0.25, -0.2) is 9.78 Å². The van der Waals surface area contributed by atoms with Gasteiger partial charge >= 0.3 is 6.09 Å².